The van der Waals surface area contributed by atoms with Gasteiger partial charge in [0.25, 0.3) is 5.82 Å². The molecule has 1 fully saturated rings. The van der Waals surface area contributed by atoms with E-state index < -0.39 is 5.41 Å². The van der Waals surface area contributed by atoms with Crippen LogP contribution < -0.4 is 28.5 Å². The zero-order valence-electron chi connectivity index (χ0n) is 16.2. The highest BCUT2D eigenvalue weighted by Gasteiger charge is 2.52. The number of hydrogen-bond acceptors (Lipinski definition) is 2. The Morgan fingerprint density at radius 2 is 1.64 bits per heavy atom. The van der Waals surface area contributed by atoms with Gasteiger partial charge in [-0.1, -0.05) is 67.6 Å². The molecule has 5 heteroatoms. The molecule has 0 spiro atoms. The maximum absolute atomic E-state index is 13.2. The molecule has 1 aliphatic rings. The SMILES string of the molecule is CCc1n(CC2CC(c3ccccc3)(c3ccccc3)C(=O)O2)cc[n+]1C.[I-]. The van der Waals surface area contributed by atoms with E-state index in [-0.39, 0.29) is 36.0 Å². The standard InChI is InChI=1S/C23H25N2O2.HI/c1-3-21-24(2)14-15-25(21)17-20-16-23(22(26)27-20,18-10-6-4-7-11-18)19-12-8-5-9-13-19;/h4-15,20H,3,16-17H2,1-2H3;1H/q+1;/p-1. The van der Waals surface area contributed by atoms with Crippen LogP contribution in [0.3, 0.4) is 0 Å². The van der Waals surface area contributed by atoms with Crippen molar-refractivity contribution in [2.24, 2.45) is 7.05 Å². The van der Waals surface area contributed by atoms with Crippen LogP contribution in [0.2, 0.25) is 0 Å². The minimum atomic E-state index is -0.741. The molecule has 1 aromatic heterocycles. The maximum Gasteiger partial charge on any atom is 0.321 e. The van der Waals surface area contributed by atoms with Gasteiger partial charge in [-0.3, -0.25) is 4.79 Å². The summed E-state index contributed by atoms with van der Waals surface area (Å²) in [6, 6.07) is 20.0. The summed E-state index contributed by atoms with van der Waals surface area (Å²) in [4.78, 5) is 13.2. The lowest BCUT2D eigenvalue weighted by atomic mass is 9.72. The number of cyclic esters (lactones) is 1. The van der Waals surface area contributed by atoms with Crippen molar-refractivity contribution >= 4 is 5.97 Å². The van der Waals surface area contributed by atoms with Gasteiger partial charge in [0.05, 0.1) is 7.05 Å². The van der Waals surface area contributed by atoms with E-state index in [2.05, 4.69) is 28.5 Å². The molecule has 1 aliphatic heterocycles. The lowest BCUT2D eigenvalue weighted by molar-refractivity contribution is -0.678. The Kier molecular flexibility index (Phi) is 6.23. The molecule has 0 N–H and O–H groups in total. The van der Waals surface area contributed by atoms with Crippen LogP contribution in [-0.2, 0) is 35.0 Å². The van der Waals surface area contributed by atoms with Crippen molar-refractivity contribution in [1.29, 1.82) is 0 Å². The first-order valence-corrected chi connectivity index (χ1v) is 9.51. The molecule has 1 unspecified atom stereocenters. The second-order valence-electron chi connectivity index (χ2n) is 7.20. The number of halogens is 1. The molecule has 2 heterocycles. The number of carbonyl (C=O) groups is 1. The van der Waals surface area contributed by atoms with E-state index in [1.807, 2.05) is 67.7 Å². The van der Waals surface area contributed by atoms with Gasteiger partial charge in [0, 0.05) is 12.8 Å². The third kappa shape index (κ3) is 3.48. The Morgan fingerprint density at radius 1 is 1.07 bits per heavy atom. The molecule has 0 aliphatic carbocycles. The molecule has 4 rings (SSSR count). The summed E-state index contributed by atoms with van der Waals surface area (Å²) in [5, 5.41) is 0. The summed E-state index contributed by atoms with van der Waals surface area (Å²) >= 11 is 0. The normalized spacial score (nSPS) is 17.8. The summed E-state index contributed by atoms with van der Waals surface area (Å²) in [5.74, 6) is 1.07. The highest BCUT2D eigenvalue weighted by Crippen LogP contribution is 2.43. The predicted molar refractivity (Wildman–Crippen MR) is 103 cm³/mol. The van der Waals surface area contributed by atoms with Crippen LogP contribution in [0.15, 0.2) is 73.1 Å². The Bertz CT molecular complexity index is 898. The average molecular weight is 488 g/mol. The number of imidazole rings is 1. The van der Waals surface area contributed by atoms with Crippen molar-refractivity contribution in [2.45, 2.75) is 37.8 Å². The van der Waals surface area contributed by atoms with Gasteiger partial charge in [-0.25, -0.2) is 9.13 Å². The molecular formula is C23H25IN2O2. The minimum absolute atomic E-state index is 0. The van der Waals surface area contributed by atoms with Gasteiger partial charge in [0.1, 0.15) is 30.5 Å². The summed E-state index contributed by atoms with van der Waals surface area (Å²) in [6.45, 7) is 2.82. The van der Waals surface area contributed by atoms with E-state index in [0.717, 1.165) is 17.5 Å². The first-order valence-electron chi connectivity index (χ1n) is 9.51. The van der Waals surface area contributed by atoms with Crippen LogP contribution in [0.5, 0.6) is 0 Å². The number of nitrogens with zero attached hydrogens (tertiary/aromatic N) is 2. The largest absolute Gasteiger partial charge is 1.00 e. The van der Waals surface area contributed by atoms with Gasteiger partial charge in [0.15, 0.2) is 0 Å². The summed E-state index contributed by atoms with van der Waals surface area (Å²) in [7, 11) is 2.05. The maximum atomic E-state index is 13.2. The Labute approximate surface area is 183 Å². The van der Waals surface area contributed by atoms with E-state index >= 15 is 0 Å². The fourth-order valence-electron chi connectivity index (χ4n) is 4.30. The molecule has 3 aromatic rings. The van der Waals surface area contributed by atoms with Gasteiger partial charge in [-0.05, 0) is 11.1 Å². The van der Waals surface area contributed by atoms with Gasteiger partial charge >= 0.3 is 5.97 Å². The summed E-state index contributed by atoms with van der Waals surface area (Å²) < 4.78 is 10.3. The van der Waals surface area contributed by atoms with Crippen molar-refractivity contribution in [3.8, 4) is 0 Å². The Morgan fingerprint density at radius 3 is 2.18 bits per heavy atom. The van der Waals surface area contributed by atoms with Crippen LogP contribution in [-0.4, -0.2) is 16.6 Å². The highest BCUT2D eigenvalue weighted by atomic mass is 127. The van der Waals surface area contributed by atoms with E-state index in [4.69, 9.17) is 4.74 Å². The lowest BCUT2D eigenvalue weighted by Crippen LogP contribution is -3.00. The summed E-state index contributed by atoms with van der Waals surface area (Å²) in [5.41, 5.74) is 1.25. The third-order valence-electron chi connectivity index (χ3n) is 5.61. The number of carbonyl (C=O) groups excluding carboxylic acids is 1. The number of aromatic nitrogens is 2. The molecule has 1 saturated heterocycles. The molecule has 0 amide bonds. The van der Waals surface area contributed by atoms with Gasteiger partial charge in [0.2, 0.25) is 0 Å². The zero-order chi connectivity index (χ0) is 18.9. The number of aryl methyl sites for hydroxylation is 1. The van der Waals surface area contributed by atoms with Crippen molar-refractivity contribution in [2.75, 3.05) is 0 Å². The van der Waals surface area contributed by atoms with Crippen molar-refractivity contribution in [3.05, 3.63) is 90.0 Å². The Balaban J connectivity index is 0.00000225. The van der Waals surface area contributed by atoms with Crippen molar-refractivity contribution in [1.82, 2.24) is 4.57 Å². The van der Waals surface area contributed by atoms with Crippen LogP contribution in [0.4, 0.5) is 0 Å². The summed E-state index contributed by atoms with van der Waals surface area (Å²) in [6.07, 6.45) is 5.54. The quantitative estimate of drug-likeness (QED) is 0.292. The van der Waals surface area contributed by atoms with Crippen LogP contribution in [0.1, 0.15) is 30.3 Å². The lowest BCUT2D eigenvalue weighted by Gasteiger charge is -2.26. The fourth-order valence-corrected chi connectivity index (χ4v) is 4.30. The zero-order valence-corrected chi connectivity index (χ0v) is 18.4. The number of hydrogen-bond donors (Lipinski definition) is 0. The minimum Gasteiger partial charge on any atom is -1.00 e. The molecule has 0 saturated carbocycles. The van der Waals surface area contributed by atoms with E-state index in [1.54, 1.807) is 0 Å². The van der Waals surface area contributed by atoms with E-state index in [1.165, 1.54) is 5.82 Å². The van der Waals surface area contributed by atoms with Crippen LogP contribution in [0.25, 0.3) is 0 Å². The Hall–Kier alpha value is -2.15. The third-order valence-corrected chi connectivity index (χ3v) is 5.61. The van der Waals surface area contributed by atoms with Crippen molar-refractivity contribution < 1.29 is 38.1 Å². The second kappa shape index (κ2) is 8.47. The van der Waals surface area contributed by atoms with Crippen molar-refractivity contribution in [3.63, 3.8) is 0 Å². The smallest absolute Gasteiger partial charge is 0.321 e. The average Bonchev–Trinajstić information content (AvgIpc) is 3.23. The molecule has 0 bridgehead atoms. The molecule has 146 valence electrons. The molecule has 2 aromatic carbocycles. The van der Waals surface area contributed by atoms with Crippen LogP contribution >= 0.6 is 0 Å². The molecule has 28 heavy (non-hydrogen) atoms. The number of ether oxygens (including phenoxy) is 1. The molecule has 1 atom stereocenters. The number of esters is 1. The van der Waals surface area contributed by atoms with Gasteiger partial charge in [-0.2, -0.15) is 0 Å². The van der Waals surface area contributed by atoms with Gasteiger partial charge in [-0.15, -0.1) is 0 Å². The first kappa shape index (κ1) is 20.6. The fraction of sp³-hybridized carbons (Fsp3) is 0.304. The number of benzene rings is 2. The number of rotatable bonds is 5. The second-order valence-corrected chi connectivity index (χ2v) is 7.20. The van der Waals surface area contributed by atoms with Gasteiger partial charge < -0.3 is 28.7 Å². The topological polar surface area (TPSA) is 35.1 Å². The monoisotopic (exact) mass is 488 g/mol. The first-order chi connectivity index (χ1) is 13.1. The molecule has 0 radical (unpaired) electrons. The van der Waals surface area contributed by atoms with Crippen LogP contribution in [0, 0.1) is 0 Å². The van der Waals surface area contributed by atoms with E-state index in [0.29, 0.717) is 13.0 Å². The highest BCUT2D eigenvalue weighted by molar-refractivity contribution is 5.89. The molecule has 4 nitrogen and oxygen atoms in total. The molecular weight excluding hydrogens is 463 g/mol. The predicted octanol–water partition coefficient (Wildman–Crippen LogP) is 0.181. The van der Waals surface area contributed by atoms with E-state index in [9.17, 15) is 4.79 Å².